The Labute approximate surface area is 138 Å². The molecule has 0 radical (unpaired) electrons. The summed E-state index contributed by atoms with van der Waals surface area (Å²) in [6, 6.07) is 11.6. The first-order chi connectivity index (χ1) is 11.2. The molecule has 3 nitrogen and oxygen atoms in total. The van der Waals surface area contributed by atoms with Crippen LogP contribution in [-0.4, -0.2) is 17.9 Å². The van der Waals surface area contributed by atoms with E-state index in [1.807, 2.05) is 30.3 Å². The lowest BCUT2D eigenvalue weighted by atomic mass is 10.0. The first-order valence-electron chi connectivity index (χ1n) is 8.37. The molecule has 0 N–H and O–H groups in total. The third kappa shape index (κ3) is 5.51. The lowest BCUT2D eigenvalue weighted by molar-refractivity contribution is 0.112. The molecule has 0 aliphatic heterocycles. The summed E-state index contributed by atoms with van der Waals surface area (Å²) in [6.45, 7) is 5.31. The molecular weight excluding hydrogens is 286 g/mol. The van der Waals surface area contributed by atoms with E-state index in [0.29, 0.717) is 5.56 Å². The molecule has 0 saturated heterocycles. The fraction of sp³-hybridized carbons (Fsp3) is 0.400. The number of carbonyl (C=O) groups excluding carboxylic acids is 1. The summed E-state index contributed by atoms with van der Waals surface area (Å²) in [5, 5.41) is 0. The fourth-order valence-corrected chi connectivity index (χ4v) is 2.36. The SMILES string of the molecule is CCC(C)CCCCOc1ccc(-c2ccc(C=O)cn2)cc1. The molecule has 0 fully saturated rings. The quantitative estimate of drug-likeness (QED) is 0.474. The van der Waals surface area contributed by atoms with Crippen molar-refractivity contribution >= 4 is 6.29 Å². The summed E-state index contributed by atoms with van der Waals surface area (Å²) < 4.78 is 5.78. The summed E-state index contributed by atoms with van der Waals surface area (Å²) in [7, 11) is 0. The number of hydrogen-bond acceptors (Lipinski definition) is 3. The minimum Gasteiger partial charge on any atom is -0.494 e. The van der Waals surface area contributed by atoms with Crippen molar-refractivity contribution in [3.05, 3.63) is 48.2 Å². The Morgan fingerprint density at radius 2 is 1.91 bits per heavy atom. The molecule has 2 rings (SSSR count). The maximum atomic E-state index is 10.6. The van der Waals surface area contributed by atoms with Gasteiger partial charge in [-0.15, -0.1) is 0 Å². The van der Waals surface area contributed by atoms with Gasteiger partial charge in [0.1, 0.15) is 5.75 Å². The second kappa shape index (κ2) is 9.09. The summed E-state index contributed by atoms with van der Waals surface area (Å²) in [5.41, 5.74) is 2.47. The molecule has 2 aromatic rings. The van der Waals surface area contributed by atoms with Gasteiger partial charge < -0.3 is 4.74 Å². The molecule has 0 saturated carbocycles. The van der Waals surface area contributed by atoms with Crippen LogP contribution >= 0.6 is 0 Å². The monoisotopic (exact) mass is 311 g/mol. The van der Waals surface area contributed by atoms with E-state index in [1.54, 1.807) is 12.3 Å². The van der Waals surface area contributed by atoms with Gasteiger partial charge in [-0.1, -0.05) is 26.7 Å². The molecule has 1 heterocycles. The maximum absolute atomic E-state index is 10.6. The van der Waals surface area contributed by atoms with E-state index in [0.717, 1.165) is 42.2 Å². The Bertz CT molecular complexity index is 590. The Hall–Kier alpha value is -2.16. The van der Waals surface area contributed by atoms with E-state index in [4.69, 9.17) is 4.74 Å². The molecule has 122 valence electrons. The van der Waals surface area contributed by atoms with Gasteiger partial charge in [0, 0.05) is 17.3 Å². The second-order valence-corrected chi connectivity index (χ2v) is 5.98. The smallest absolute Gasteiger partial charge is 0.151 e. The highest BCUT2D eigenvalue weighted by atomic mass is 16.5. The molecular formula is C20H25NO2. The first-order valence-corrected chi connectivity index (χ1v) is 8.37. The molecule has 0 aliphatic rings. The van der Waals surface area contributed by atoms with E-state index in [9.17, 15) is 4.79 Å². The zero-order valence-electron chi connectivity index (χ0n) is 14.0. The molecule has 1 aromatic heterocycles. The number of nitrogens with zero attached hydrogens (tertiary/aromatic N) is 1. The van der Waals surface area contributed by atoms with Crippen molar-refractivity contribution in [1.82, 2.24) is 4.98 Å². The van der Waals surface area contributed by atoms with Crippen LogP contribution in [-0.2, 0) is 0 Å². The Balaban J connectivity index is 1.81. The summed E-state index contributed by atoms with van der Waals surface area (Å²) >= 11 is 0. The average molecular weight is 311 g/mol. The highest BCUT2D eigenvalue weighted by Gasteiger charge is 2.02. The number of rotatable bonds is 9. The van der Waals surface area contributed by atoms with Crippen LogP contribution in [0.3, 0.4) is 0 Å². The van der Waals surface area contributed by atoms with Crippen LogP contribution in [0.1, 0.15) is 49.9 Å². The Morgan fingerprint density at radius 1 is 1.13 bits per heavy atom. The third-order valence-electron chi connectivity index (χ3n) is 4.13. The number of hydrogen-bond donors (Lipinski definition) is 0. The number of benzene rings is 1. The van der Waals surface area contributed by atoms with Gasteiger partial charge in [-0.3, -0.25) is 9.78 Å². The summed E-state index contributed by atoms with van der Waals surface area (Å²) in [5.74, 6) is 1.70. The van der Waals surface area contributed by atoms with Gasteiger partial charge in [0.25, 0.3) is 0 Å². The lowest BCUT2D eigenvalue weighted by Crippen LogP contribution is -1.99. The zero-order chi connectivity index (χ0) is 16.5. The number of ether oxygens (including phenoxy) is 1. The van der Waals surface area contributed by atoms with E-state index in [1.165, 1.54) is 19.3 Å². The molecule has 1 unspecified atom stereocenters. The Kier molecular flexibility index (Phi) is 6.79. The third-order valence-corrected chi connectivity index (χ3v) is 4.13. The normalized spacial score (nSPS) is 11.9. The number of carbonyl (C=O) groups is 1. The van der Waals surface area contributed by atoms with Gasteiger partial charge in [-0.2, -0.15) is 0 Å². The summed E-state index contributed by atoms with van der Waals surface area (Å²) in [6.07, 6.45) is 7.24. The zero-order valence-corrected chi connectivity index (χ0v) is 14.0. The molecule has 0 spiro atoms. The van der Waals surface area contributed by atoms with Gasteiger partial charge in [-0.25, -0.2) is 0 Å². The van der Waals surface area contributed by atoms with E-state index < -0.39 is 0 Å². The van der Waals surface area contributed by atoms with Crippen LogP contribution in [0.5, 0.6) is 5.75 Å². The van der Waals surface area contributed by atoms with Crippen molar-refractivity contribution in [1.29, 1.82) is 0 Å². The van der Waals surface area contributed by atoms with Gasteiger partial charge in [0.05, 0.1) is 12.3 Å². The van der Waals surface area contributed by atoms with Crippen molar-refractivity contribution in [3.8, 4) is 17.0 Å². The van der Waals surface area contributed by atoms with E-state index in [-0.39, 0.29) is 0 Å². The minimum atomic E-state index is 0.589. The highest BCUT2D eigenvalue weighted by molar-refractivity contribution is 5.75. The number of aldehydes is 1. The van der Waals surface area contributed by atoms with Crippen molar-refractivity contribution in [2.24, 2.45) is 5.92 Å². The van der Waals surface area contributed by atoms with Crippen LogP contribution < -0.4 is 4.74 Å². The second-order valence-electron chi connectivity index (χ2n) is 5.98. The predicted octanol–water partition coefficient (Wildman–Crippen LogP) is 5.16. The number of aromatic nitrogens is 1. The maximum Gasteiger partial charge on any atom is 0.151 e. The molecule has 0 amide bonds. The van der Waals surface area contributed by atoms with Gasteiger partial charge in [0.15, 0.2) is 6.29 Å². The van der Waals surface area contributed by atoms with Crippen LogP contribution in [0.15, 0.2) is 42.6 Å². The van der Waals surface area contributed by atoms with E-state index >= 15 is 0 Å². The number of pyridine rings is 1. The lowest BCUT2D eigenvalue weighted by Gasteiger charge is -2.09. The van der Waals surface area contributed by atoms with Gasteiger partial charge >= 0.3 is 0 Å². The fourth-order valence-electron chi connectivity index (χ4n) is 2.36. The Morgan fingerprint density at radius 3 is 2.52 bits per heavy atom. The van der Waals surface area contributed by atoms with E-state index in [2.05, 4.69) is 18.8 Å². The topological polar surface area (TPSA) is 39.2 Å². The van der Waals surface area contributed by atoms with Crippen molar-refractivity contribution in [2.75, 3.05) is 6.61 Å². The molecule has 23 heavy (non-hydrogen) atoms. The highest BCUT2D eigenvalue weighted by Crippen LogP contribution is 2.21. The molecule has 0 aliphatic carbocycles. The molecule has 0 bridgehead atoms. The first kappa shape index (κ1) is 17.2. The largest absolute Gasteiger partial charge is 0.494 e. The van der Waals surface area contributed by atoms with Crippen LogP contribution in [0.25, 0.3) is 11.3 Å². The standard InChI is InChI=1S/C20H25NO2/c1-3-16(2)6-4-5-13-23-19-10-8-18(9-11-19)20-12-7-17(15-22)14-21-20/h7-12,14-16H,3-6,13H2,1-2H3. The van der Waals surface area contributed by atoms with Crippen LogP contribution in [0, 0.1) is 5.92 Å². The summed E-state index contributed by atoms with van der Waals surface area (Å²) in [4.78, 5) is 14.9. The van der Waals surface area contributed by atoms with Crippen molar-refractivity contribution in [3.63, 3.8) is 0 Å². The van der Waals surface area contributed by atoms with Crippen LogP contribution in [0.2, 0.25) is 0 Å². The molecule has 3 heteroatoms. The predicted molar refractivity (Wildman–Crippen MR) is 93.9 cm³/mol. The van der Waals surface area contributed by atoms with Gasteiger partial charge in [0.2, 0.25) is 0 Å². The average Bonchev–Trinajstić information content (AvgIpc) is 2.62. The van der Waals surface area contributed by atoms with Crippen LogP contribution in [0.4, 0.5) is 0 Å². The van der Waals surface area contributed by atoms with Crippen molar-refractivity contribution < 1.29 is 9.53 Å². The molecule has 1 aromatic carbocycles. The minimum absolute atomic E-state index is 0.589. The van der Waals surface area contributed by atoms with Crippen molar-refractivity contribution in [2.45, 2.75) is 39.5 Å². The number of unbranched alkanes of at least 4 members (excludes halogenated alkanes) is 1. The van der Waals surface area contributed by atoms with Gasteiger partial charge in [-0.05, 0) is 55.2 Å². The molecule has 1 atom stereocenters.